The molecule has 0 aliphatic carbocycles. The molecule has 0 unspecified atom stereocenters. The number of aliphatic hydroxyl groups is 1. The van der Waals surface area contributed by atoms with Crippen molar-refractivity contribution in [2.75, 3.05) is 0 Å². The third-order valence-electron chi connectivity index (χ3n) is 6.25. The second-order valence-corrected chi connectivity index (χ2v) is 7.83. The molecule has 0 bridgehead atoms. The highest BCUT2D eigenvalue weighted by Crippen LogP contribution is 2.35. The molecule has 0 atom stereocenters. The Balaban J connectivity index is 1.73. The largest absolute Gasteiger partial charge is 0.392 e. The van der Waals surface area contributed by atoms with Crippen molar-refractivity contribution in [1.29, 1.82) is 0 Å². The molecule has 0 amide bonds. The van der Waals surface area contributed by atoms with E-state index in [1.165, 1.54) is 43.6 Å². The summed E-state index contributed by atoms with van der Waals surface area (Å²) in [4.78, 5) is 0. The van der Waals surface area contributed by atoms with Crippen LogP contribution in [0.1, 0.15) is 12.5 Å². The van der Waals surface area contributed by atoms with Crippen molar-refractivity contribution in [3.8, 4) is 5.69 Å². The van der Waals surface area contributed by atoms with E-state index in [1.54, 1.807) is 0 Å². The monoisotopic (exact) mass is 390 g/mol. The number of para-hydroxylation sites is 2. The number of aliphatic hydroxyl groups excluding tert-OH is 1. The van der Waals surface area contributed by atoms with E-state index >= 15 is 0 Å². The molecular weight excluding hydrogens is 368 g/mol. The van der Waals surface area contributed by atoms with Crippen molar-refractivity contribution < 1.29 is 5.11 Å². The highest BCUT2D eigenvalue weighted by Gasteiger charge is 2.15. The molecule has 2 aromatic heterocycles. The van der Waals surface area contributed by atoms with Crippen molar-refractivity contribution in [3.63, 3.8) is 0 Å². The number of fused-ring (bicyclic) bond motifs is 6. The zero-order valence-electron chi connectivity index (χ0n) is 16.8. The Bertz CT molecular complexity index is 1520. The van der Waals surface area contributed by atoms with Gasteiger partial charge in [-0.2, -0.15) is 0 Å². The van der Waals surface area contributed by atoms with E-state index in [-0.39, 0.29) is 6.61 Å². The van der Waals surface area contributed by atoms with Gasteiger partial charge >= 0.3 is 0 Å². The fraction of sp³-hybridized carbons (Fsp3) is 0.111. The minimum Gasteiger partial charge on any atom is -0.392 e. The summed E-state index contributed by atoms with van der Waals surface area (Å²) in [7, 11) is 0. The van der Waals surface area contributed by atoms with Gasteiger partial charge in [0.05, 0.1) is 17.6 Å². The van der Waals surface area contributed by atoms with Crippen molar-refractivity contribution in [2.24, 2.45) is 0 Å². The Morgan fingerprint density at radius 2 is 1.23 bits per heavy atom. The van der Waals surface area contributed by atoms with Crippen LogP contribution in [0.15, 0.2) is 84.9 Å². The fourth-order valence-corrected chi connectivity index (χ4v) is 4.92. The minimum absolute atomic E-state index is 0.0568. The summed E-state index contributed by atoms with van der Waals surface area (Å²) >= 11 is 0. The number of nitrogens with zero attached hydrogens (tertiary/aromatic N) is 2. The van der Waals surface area contributed by atoms with Crippen LogP contribution in [-0.4, -0.2) is 14.2 Å². The van der Waals surface area contributed by atoms with Crippen LogP contribution in [0.5, 0.6) is 0 Å². The number of hydrogen-bond donors (Lipinski definition) is 1. The predicted octanol–water partition coefficient (Wildman–Crippen LogP) is 6.40. The third kappa shape index (κ3) is 2.30. The Morgan fingerprint density at radius 1 is 0.633 bits per heavy atom. The molecule has 4 aromatic carbocycles. The van der Waals surface area contributed by atoms with Crippen LogP contribution < -0.4 is 0 Å². The maximum absolute atomic E-state index is 9.66. The van der Waals surface area contributed by atoms with Crippen LogP contribution in [0.25, 0.3) is 49.3 Å². The third-order valence-corrected chi connectivity index (χ3v) is 6.25. The highest BCUT2D eigenvalue weighted by atomic mass is 16.3. The molecule has 2 heterocycles. The maximum Gasteiger partial charge on any atom is 0.0682 e. The van der Waals surface area contributed by atoms with Crippen molar-refractivity contribution in [1.82, 2.24) is 9.13 Å². The first-order chi connectivity index (χ1) is 14.8. The lowest BCUT2D eigenvalue weighted by Crippen LogP contribution is -1.95. The molecule has 3 nitrogen and oxygen atoms in total. The highest BCUT2D eigenvalue weighted by molar-refractivity contribution is 6.11. The van der Waals surface area contributed by atoms with Crippen LogP contribution in [0.3, 0.4) is 0 Å². The zero-order valence-corrected chi connectivity index (χ0v) is 16.8. The quantitative estimate of drug-likeness (QED) is 0.372. The average Bonchev–Trinajstić information content (AvgIpc) is 3.30. The van der Waals surface area contributed by atoms with Gasteiger partial charge < -0.3 is 14.2 Å². The molecule has 0 aliphatic heterocycles. The van der Waals surface area contributed by atoms with Crippen molar-refractivity contribution >= 4 is 43.6 Å². The first-order valence-electron chi connectivity index (χ1n) is 10.4. The summed E-state index contributed by atoms with van der Waals surface area (Å²) < 4.78 is 4.70. The van der Waals surface area contributed by atoms with E-state index in [1.807, 2.05) is 6.07 Å². The Hall–Kier alpha value is -3.56. The van der Waals surface area contributed by atoms with E-state index < -0.39 is 0 Å². The molecule has 0 aliphatic rings. The summed E-state index contributed by atoms with van der Waals surface area (Å²) in [5.41, 5.74) is 6.97. The topological polar surface area (TPSA) is 30.1 Å². The normalized spacial score (nSPS) is 11.9. The minimum atomic E-state index is 0.0568. The van der Waals surface area contributed by atoms with E-state index in [9.17, 15) is 5.11 Å². The van der Waals surface area contributed by atoms with E-state index in [0.717, 1.165) is 17.8 Å². The van der Waals surface area contributed by atoms with Gasteiger partial charge in [0.25, 0.3) is 0 Å². The van der Waals surface area contributed by atoms with Crippen LogP contribution in [0, 0.1) is 0 Å². The van der Waals surface area contributed by atoms with Crippen molar-refractivity contribution in [2.45, 2.75) is 20.1 Å². The zero-order chi connectivity index (χ0) is 20.2. The molecule has 6 rings (SSSR count). The molecule has 0 spiro atoms. The number of benzene rings is 4. The molecule has 146 valence electrons. The molecular formula is C27H22N2O. The standard InChI is InChI=1S/C27H22N2O/c1-2-28-24-13-11-18(17-30)15-22(24)23-16-19(12-14-25(23)28)29-26-9-5-3-7-20(26)21-8-4-6-10-27(21)29/h3-16,30H,2,17H2,1H3. The Labute approximate surface area is 174 Å². The van der Waals surface area contributed by atoms with Gasteiger partial charge in [0, 0.05) is 44.8 Å². The lowest BCUT2D eigenvalue weighted by Gasteiger charge is -2.09. The molecule has 30 heavy (non-hydrogen) atoms. The number of aromatic nitrogens is 2. The number of aryl methyl sites for hydroxylation is 1. The lowest BCUT2D eigenvalue weighted by atomic mass is 10.1. The molecule has 0 saturated heterocycles. The molecule has 6 aromatic rings. The smallest absolute Gasteiger partial charge is 0.0682 e. The summed E-state index contributed by atoms with van der Waals surface area (Å²) in [5.74, 6) is 0. The predicted molar refractivity (Wildman–Crippen MR) is 125 cm³/mol. The van der Waals surface area contributed by atoms with Gasteiger partial charge in [-0.15, -0.1) is 0 Å². The summed E-state index contributed by atoms with van der Waals surface area (Å²) in [6.07, 6.45) is 0. The van der Waals surface area contributed by atoms with Gasteiger partial charge in [-0.3, -0.25) is 0 Å². The number of hydrogen-bond acceptors (Lipinski definition) is 1. The summed E-state index contributed by atoms with van der Waals surface area (Å²) in [6, 6.07) is 30.2. The number of rotatable bonds is 3. The second kappa shape index (κ2) is 6.48. The summed E-state index contributed by atoms with van der Waals surface area (Å²) in [6.45, 7) is 3.15. The average molecular weight is 390 g/mol. The molecule has 3 heteroatoms. The molecule has 0 radical (unpaired) electrons. The van der Waals surface area contributed by atoms with Gasteiger partial charge in [0.15, 0.2) is 0 Å². The second-order valence-electron chi connectivity index (χ2n) is 7.83. The first kappa shape index (κ1) is 17.3. The Kier molecular flexibility index (Phi) is 3.74. The van der Waals surface area contributed by atoms with Gasteiger partial charge in [-0.05, 0) is 55.0 Å². The molecule has 0 fully saturated rings. The van der Waals surface area contributed by atoms with Gasteiger partial charge in [0.2, 0.25) is 0 Å². The van der Waals surface area contributed by atoms with Crippen molar-refractivity contribution in [3.05, 3.63) is 90.5 Å². The summed E-state index contributed by atoms with van der Waals surface area (Å²) in [5, 5.41) is 14.6. The Morgan fingerprint density at radius 3 is 1.87 bits per heavy atom. The van der Waals surface area contributed by atoms with Crippen LogP contribution in [0.4, 0.5) is 0 Å². The first-order valence-corrected chi connectivity index (χ1v) is 10.4. The fourth-order valence-electron chi connectivity index (χ4n) is 4.92. The van der Waals surface area contributed by atoms with Gasteiger partial charge in [0.1, 0.15) is 0 Å². The SMILES string of the molecule is CCn1c2ccc(CO)cc2c2cc(-n3c4ccccc4c4ccccc43)ccc21. The van der Waals surface area contributed by atoms with Gasteiger partial charge in [-0.1, -0.05) is 42.5 Å². The maximum atomic E-state index is 9.66. The molecule has 0 saturated carbocycles. The van der Waals surface area contributed by atoms with E-state index in [2.05, 4.69) is 94.9 Å². The van der Waals surface area contributed by atoms with E-state index in [0.29, 0.717) is 0 Å². The van der Waals surface area contributed by atoms with Crippen LogP contribution in [0.2, 0.25) is 0 Å². The van der Waals surface area contributed by atoms with E-state index in [4.69, 9.17) is 0 Å². The molecule has 1 N–H and O–H groups in total. The van der Waals surface area contributed by atoms with Gasteiger partial charge in [-0.25, -0.2) is 0 Å². The van der Waals surface area contributed by atoms with Crippen LogP contribution >= 0.6 is 0 Å². The lowest BCUT2D eigenvalue weighted by molar-refractivity contribution is 0.282. The van der Waals surface area contributed by atoms with Crippen LogP contribution in [-0.2, 0) is 13.2 Å².